The highest BCUT2D eigenvalue weighted by molar-refractivity contribution is 7.99. The Labute approximate surface area is 154 Å². The van der Waals surface area contributed by atoms with Crippen LogP contribution in [-0.2, 0) is 11.2 Å². The summed E-state index contributed by atoms with van der Waals surface area (Å²) in [4.78, 5) is 12.1. The number of halogens is 1. The van der Waals surface area contributed by atoms with Crippen LogP contribution in [0.2, 0.25) is 5.02 Å². The molecular weight excluding hydrogens is 358 g/mol. The number of carbonyl (C=O) groups is 1. The first kappa shape index (κ1) is 17.3. The highest BCUT2D eigenvalue weighted by Gasteiger charge is 2.13. The number of nitrogens with two attached hydrogens (primary N) is 1. The Balaban J connectivity index is 1.58. The number of carbonyl (C=O) groups excluding carboxylic acids is 1. The normalized spacial score (nSPS) is 10.6. The quantitative estimate of drug-likeness (QED) is 0.512. The molecule has 0 radical (unpaired) electrons. The van der Waals surface area contributed by atoms with Crippen LogP contribution >= 0.6 is 23.4 Å². The fourth-order valence-electron chi connectivity index (χ4n) is 2.18. The van der Waals surface area contributed by atoms with Crippen molar-refractivity contribution in [2.45, 2.75) is 11.6 Å². The molecule has 1 amide bonds. The molecule has 0 spiro atoms. The van der Waals surface area contributed by atoms with Crippen LogP contribution in [0.1, 0.15) is 11.4 Å². The minimum atomic E-state index is -0.189. The molecule has 3 N–H and O–H groups in total. The molecule has 6 nitrogen and oxygen atoms in total. The Hall–Kier alpha value is -2.51. The molecule has 0 saturated carbocycles. The van der Waals surface area contributed by atoms with E-state index in [1.807, 2.05) is 30.3 Å². The number of benzene rings is 2. The van der Waals surface area contributed by atoms with Crippen LogP contribution in [0.3, 0.4) is 0 Å². The van der Waals surface area contributed by atoms with Gasteiger partial charge in [0.25, 0.3) is 0 Å². The zero-order valence-corrected chi connectivity index (χ0v) is 14.8. The average Bonchev–Trinajstić information content (AvgIpc) is 2.96. The van der Waals surface area contributed by atoms with E-state index in [0.29, 0.717) is 28.1 Å². The van der Waals surface area contributed by atoms with E-state index in [1.165, 1.54) is 16.4 Å². The van der Waals surface area contributed by atoms with E-state index in [0.717, 1.165) is 5.56 Å². The summed E-state index contributed by atoms with van der Waals surface area (Å²) in [5.41, 5.74) is 1.67. The summed E-state index contributed by atoms with van der Waals surface area (Å²) in [5.74, 6) is 6.64. The summed E-state index contributed by atoms with van der Waals surface area (Å²) < 4.78 is 1.42. The molecule has 8 heteroatoms. The molecule has 25 heavy (non-hydrogen) atoms. The first-order valence-electron chi connectivity index (χ1n) is 7.54. The molecular formula is C17H16ClN5OS. The van der Waals surface area contributed by atoms with Gasteiger partial charge in [0.2, 0.25) is 11.1 Å². The van der Waals surface area contributed by atoms with E-state index in [4.69, 9.17) is 17.4 Å². The van der Waals surface area contributed by atoms with Crippen molar-refractivity contribution in [1.29, 1.82) is 0 Å². The molecule has 2 aromatic carbocycles. The van der Waals surface area contributed by atoms with Crippen molar-refractivity contribution in [2.75, 3.05) is 16.9 Å². The molecule has 3 rings (SSSR count). The van der Waals surface area contributed by atoms with Crippen molar-refractivity contribution in [2.24, 2.45) is 0 Å². The van der Waals surface area contributed by atoms with Gasteiger partial charge in [0, 0.05) is 6.42 Å². The fourth-order valence-corrected chi connectivity index (χ4v) is 3.04. The number of hydrogen-bond acceptors (Lipinski definition) is 5. The third kappa shape index (κ3) is 4.52. The van der Waals surface area contributed by atoms with Gasteiger partial charge in [0.15, 0.2) is 5.82 Å². The molecule has 0 bridgehead atoms. The van der Waals surface area contributed by atoms with Gasteiger partial charge in [0.1, 0.15) is 0 Å². The summed E-state index contributed by atoms with van der Waals surface area (Å²) in [6.45, 7) is 0. The lowest BCUT2D eigenvalue weighted by Gasteiger charge is -2.07. The van der Waals surface area contributed by atoms with Gasteiger partial charge in [0.05, 0.1) is 16.5 Å². The Morgan fingerprint density at radius 3 is 2.60 bits per heavy atom. The van der Waals surface area contributed by atoms with Gasteiger partial charge in [-0.25, -0.2) is 4.68 Å². The van der Waals surface area contributed by atoms with Gasteiger partial charge in [-0.2, -0.15) is 0 Å². The molecule has 0 aliphatic heterocycles. The number of nitrogens with zero attached hydrogens (tertiary/aromatic N) is 3. The van der Waals surface area contributed by atoms with Crippen LogP contribution in [0.15, 0.2) is 59.8 Å². The number of nitrogens with one attached hydrogen (secondary N) is 1. The number of hydrogen-bond donors (Lipinski definition) is 2. The van der Waals surface area contributed by atoms with Crippen LogP contribution in [0, 0.1) is 0 Å². The molecule has 0 aliphatic rings. The van der Waals surface area contributed by atoms with E-state index >= 15 is 0 Å². The number of nitrogen functional groups attached to an aromatic ring is 1. The standard InChI is InChI=1S/C17H16ClN5OS/c18-13-8-4-5-9-14(13)20-16(24)11-25-17-22-21-15(23(17)19)10-12-6-2-1-3-7-12/h1-9H,10-11,19H2,(H,20,24). The Morgan fingerprint density at radius 2 is 1.84 bits per heavy atom. The number of aromatic nitrogens is 3. The molecule has 0 saturated heterocycles. The van der Waals surface area contributed by atoms with Gasteiger partial charge < -0.3 is 11.2 Å². The highest BCUT2D eigenvalue weighted by atomic mass is 35.5. The second-order valence-electron chi connectivity index (χ2n) is 5.25. The van der Waals surface area contributed by atoms with Gasteiger partial charge in [-0.3, -0.25) is 4.79 Å². The molecule has 1 aromatic heterocycles. The molecule has 0 unspecified atom stereocenters. The maximum Gasteiger partial charge on any atom is 0.234 e. The van der Waals surface area contributed by atoms with E-state index < -0.39 is 0 Å². The lowest BCUT2D eigenvalue weighted by molar-refractivity contribution is -0.113. The van der Waals surface area contributed by atoms with Gasteiger partial charge >= 0.3 is 0 Å². The minimum absolute atomic E-state index is 0.159. The van der Waals surface area contributed by atoms with Crippen molar-refractivity contribution < 1.29 is 4.79 Å². The summed E-state index contributed by atoms with van der Waals surface area (Å²) in [6, 6.07) is 16.9. The first-order chi connectivity index (χ1) is 12.1. The number of rotatable bonds is 6. The second-order valence-corrected chi connectivity index (χ2v) is 6.60. The number of amides is 1. The third-order valence-electron chi connectivity index (χ3n) is 3.42. The van der Waals surface area contributed by atoms with Gasteiger partial charge in [-0.05, 0) is 17.7 Å². The Kier molecular flexibility index (Phi) is 5.57. The number of thioether (sulfide) groups is 1. The average molecular weight is 374 g/mol. The summed E-state index contributed by atoms with van der Waals surface area (Å²) >= 11 is 7.24. The van der Waals surface area contributed by atoms with E-state index in [2.05, 4.69) is 15.5 Å². The zero-order chi connectivity index (χ0) is 17.6. The van der Waals surface area contributed by atoms with Crippen LogP contribution in [0.5, 0.6) is 0 Å². The lowest BCUT2D eigenvalue weighted by atomic mass is 10.1. The van der Waals surface area contributed by atoms with Gasteiger partial charge in [-0.1, -0.05) is 65.8 Å². The van der Waals surface area contributed by atoms with Crippen molar-refractivity contribution in [3.8, 4) is 0 Å². The molecule has 0 aliphatic carbocycles. The maximum absolute atomic E-state index is 12.1. The summed E-state index contributed by atoms with van der Waals surface area (Å²) in [5, 5.41) is 11.9. The third-order valence-corrected chi connectivity index (χ3v) is 4.69. The van der Waals surface area contributed by atoms with Crippen LogP contribution in [0.4, 0.5) is 5.69 Å². The molecule has 0 atom stereocenters. The summed E-state index contributed by atoms with van der Waals surface area (Å²) in [6.07, 6.45) is 0.580. The largest absolute Gasteiger partial charge is 0.336 e. The van der Waals surface area contributed by atoms with Crippen LogP contribution in [-0.4, -0.2) is 26.5 Å². The van der Waals surface area contributed by atoms with Crippen molar-refractivity contribution in [3.05, 3.63) is 71.0 Å². The van der Waals surface area contributed by atoms with Crippen molar-refractivity contribution in [3.63, 3.8) is 0 Å². The minimum Gasteiger partial charge on any atom is -0.336 e. The van der Waals surface area contributed by atoms with Crippen LogP contribution < -0.4 is 11.2 Å². The van der Waals surface area contributed by atoms with Crippen molar-refractivity contribution in [1.82, 2.24) is 14.9 Å². The van der Waals surface area contributed by atoms with E-state index in [1.54, 1.807) is 24.3 Å². The predicted molar refractivity (Wildman–Crippen MR) is 100 cm³/mol. The molecule has 3 aromatic rings. The fraction of sp³-hybridized carbons (Fsp3) is 0.118. The summed E-state index contributed by atoms with van der Waals surface area (Å²) in [7, 11) is 0. The maximum atomic E-state index is 12.1. The molecule has 0 fully saturated rings. The van der Waals surface area contributed by atoms with Gasteiger partial charge in [-0.15, -0.1) is 10.2 Å². The Bertz CT molecular complexity index is 868. The SMILES string of the molecule is Nn1c(Cc2ccccc2)nnc1SCC(=O)Nc1ccccc1Cl. The van der Waals surface area contributed by atoms with Crippen LogP contribution in [0.25, 0.3) is 0 Å². The molecule has 128 valence electrons. The number of anilines is 1. The topological polar surface area (TPSA) is 85.8 Å². The van der Waals surface area contributed by atoms with Crippen molar-refractivity contribution >= 4 is 35.0 Å². The monoisotopic (exact) mass is 373 g/mol. The predicted octanol–water partition coefficient (Wildman–Crippen LogP) is 2.97. The lowest BCUT2D eigenvalue weighted by Crippen LogP contribution is -2.17. The highest BCUT2D eigenvalue weighted by Crippen LogP contribution is 2.21. The zero-order valence-electron chi connectivity index (χ0n) is 13.2. The first-order valence-corrected chi connectivity index (χ1v) is 8.90. The van der Waals surface area contributed by atoms with E-state index in [9.17, 15) is 4.79 Å². The molecule has 1 heterocycles. The second kappa shape index (κ2) is 8.04. The van der Waals surface area contributed by atoms with E-state index in [-0.39, 0.29) is 11.7 Å². The smallest absolute Gasteiger partial charge is 0.234 e. The Morgan fingerprint density at radius 1 is 1.12 bits per heavy atom. The number of para-hydroxylation sites is 1.